The first kappa shape index (κ1) is 17.9. The summed E-state index contributed by atoms with van der Waals surface area (Å²) in [7, 11) is 2.16. The predicted molar refractivity (Wildman–Crippen MR) is 121 cm³/mol. The summed E-state index contributed by atoms with van der Waals surface area (Å²) in [6.07, 6.45) is 0. The lowest BCUT2D eigenvalue weighted by Gasteiger charge is -2.11. The van der Waals surface area contributed by atoms with Crippen molar-refractivity contribution in [2.24, 2.45) is 7.05 Å². The Hall–Kier alpha value is -3.13. The number of aryl methyl sites for hydroxylation is 2. The van der Waals surface area contributed by atoms with Gasteiger partial charge in [0.25, 0.3) is 0 Å². The number of fused-ring (bicyclic) bond motifs is 4. The fourth-order valence-corrected chi connectivity index (χ4v) is 4.43. The quantitative estimate of drug-likeness (QED) is 0.302. The van der Waals surface area contributed by atoms with Gasteiger partial charge in [-0.05, 0) is 60.7 Å². The number of hydrogen-bond acceptors (Lipinski definition) is 1. The van der Waals surface area contributed by atoms with Crippen molar-refractivity contribution in [3.05, 3.63) is 77.4 Å². The molecule has 0 fully saturated rings. The van der Waals surface area contributed by atoms with Crippen molar-refractivity contribution in [1.82, 2.24) is 0 Å². The Morgan fingerprint density at radius 3 is 2.45 bits per heavy atom. The van der Waals surface area contributed by atoms with E-state index >= 15 is 0 Å². The molecule has 2 heterocycles. The molecule has 3 aromatic carbocycles. The van der Waals surface area contributed by atoms with Gasteiger partial charge in [-0.2, -0.15) is 4.57 Å². The zero-order valence-corrected chi connectivity index (χ0v) is 17.7. The first-order chi connectivity index (χ1) is 14.0. The van der Waals surface area contributed by atoms with Crippen LogP contribution in [0.4, 0.5) is 0 Å². The van der Waals surface area contributed by atoms with Crippen LogP contribution in [0, 0.1) is 13.8 Å². The Morgan fingerprint density at radius 1 is 0.862 bits per heavy atom. The maximum Gasteiger partial charge on any atom is 0.216 e. The van der Waals surface area contributed by atoms with Gasteiger partial charge in [-0.25, -0.2) is 0 Å². The van der Waals surface area contributed by atoms with Crippen molar-refractivity contribution in [2.75, 3.05) is 0 Å². The number of aromatic nitrogens is 1. The van der Waals surface area contributed by atoms with E-state index in [0.29, 0.717) is 5.92 Å². The topological polar surface area (TPSA) is 17.0 Å². The molecule has 0 bridgehead atoms. The van der Waals surface area contributed by atoms with Gasteiger partial charge < -0.3 is 4.42 Å². The monoisotopic (exact) mass is 380 g/mol. The molecular weight excluding hydrogens is 354 g/mol. The summed E-state index contributed by atoms with van der Waals surface area (Å²) in [5.41, 5.74) is 9.45. The van der Waals surface area contributed by atoms with Gasteiger partial charge in [-0.15, -0.1) is 0 Å². The van der Waals surface area contributed by atoms with E-state index in [1.165, 1.54) is 49.6 Å². The molecule has 0 unspecified atom stereocenters. The minimum atomic E-state index is 0.526. The first-order valence-electron chi connectivity index (χ1n) is 10.3. The van der Waals surface area contributed by atoms with Crippen LogP contribution in [-0.2, 0) is 7.05 Å². The standard InChI is InChI=1S/C27H26NO/c1-16(2)19-10-12-23-20(15-19)11-13-24(28(23)5)26-18(4)17(3)14-22-21-8-6-7-9-25(21)29-27(22)26/h6-16H,1-5H3/q+1. The van der Waals surface area contributed by atoms with Crippen molar-refractivity contribution in [1.29, 1.82) is 0 Å². The Kier molecular flexibility index (Phi) is 3.99. The molecule has 144 valence electrons. The van der Waals surface area contributed by atoms with E-state index in [1.807, 2.05) is 6.07 Å². The van der Waals surface area contributed by atoms with E-state index in [2.05, 4.69) is 93.9 Å². The van der Waals surface area contributed by atoms with Gasteiger partial charge in [0.15, 0.2) is 0 Å². The average molecular weight is 381 g/mol. The number of furan rings is 1. The largest absolute Gasteiger partial charge is 0.455 e. The van der Waals surface area contributed by atoms with Gasteiger partial charge >= 0.3 is 0 Å². The first-order valence-corrected chi connectivity index (χ1v) is 10.3. The fourth-order valence-electron chi connectivity index (χ4n) is 4.43. The summed E-state index contributed by atoms with van der Waals surface area (Å²) in [5, 5.41) is 3.64. The highest BCUT2D eigenvalue weighted by Crippen LogP contribution is 2.38. The van der Waals surface area contributed by atoms with Crippen LogP contribution in [0.1, 0.15) is 36.5 Å². The Balaban J connectivity index is 1.85. The van der Waals surface area contributed by atoms with E-state index in [4.69, 9.17) is 4.42 Å². The molecule has 0 amide bonds. The highest BCUT2D eigenvalue weighted by Gasteiger charge is 2.23. The lowest BCUT2D eigenvalue weighted by molar-refractivity contribution is -0.633. The van der Waals surface area contributed by atoms with Crippen LogP contribution in [-0.4, -0.2) is 0 Å². The summed E-state index contributed by atoms with van der Waals surface area (Å²) in [4.78, 5) is 0. The number of para-hydroxylation sites is 1. The van der Waals surface area contributed by atoms with Gasteiger partial charge in [0.05, 0.1) is 5.56 Å². The van der Waals surface area contributed by atoms with Crippen LogP contribution in [0.2, 0.25) is 0 Å². The SMILES string of the molecule is Cc1cc2c(oc3ccccc32)c(-c2ccc3cc(C(C)C)ccc3[n+]2C)c1C. The van der Waals surface area contributed by atoms with Crippen LogP contribution in [0.25, 0.3) is 44.1 Å². The van der Waals surface area contributed by atoms with Gasteiger partial charge in [-0.1, -0.05) is 38.1 Å². The van der Waals surface area contributed by atoms with E-state index in [0.717, 1.165) is 11.2 Å². The van der Waals surface area contributed by atoms with Gasteiger partial charge in [-0.3, -0.25) is 0 Å². The van der Waals surface area contributed by atoms with E-state index in [9.17, 15) is 0 Å². The third-order valence-electron chi connectivity index (χ3n) is 6.31. The Labute approximate surface area is 171 Å². The fraction of sp³-hybridized carbons (Fsp3) is 0.222. The lowest BCUT2D eigenvalue weighted by atomic mass is 9.95. The summed E-state index contributed by atoms with van der Waals surface area (Å²) >= 11 is 0. The molecule has 0 radical (unpaired) electrons. The second-order valence-electron chi connectivity index (χ2n) is 8.42. The Morgan fingerprint density at radius 2 is 1.66 bits per heavy atom. The van der Waals surface area contributed by atoms with E-state index < -0.39 is 0 Å². The van der Waals surface area contributed by atoms with Crippen molar-refractivity contribution in [2.45, 2.75) is 33.6 Å². The molecule has 0 aliphatic carbocycles. The maximum absolute atomic E-state index is 6.38. The zero-order valence-electron chi connectivity index (χ0n) is 17.7. The molecule has 5 aromatic rings. The number of pyridine rings is 1. The second-order valence-corrected chi connectivity index (χ2v) is 8.42. The number of hydrogen-bond donors (Lipinski definition) is 0. The van der Waals surface area contributed by atoms with Gasteiger partial charge in [0.2, 0.25) is 11.2 Å². The number of nitrogens with zero attached hydrogens (tertiary/aromatic N) is 1. The van der Waals surface area contributed by atoms with Crippen LogP contribution in [0.3, 0.4) is 0 Å². The molecule has 0 aliphatic rings. The van der Waals surface area contributed by atoms with E-state index in [1.54, 1.807) is 0 Å². The van der Waals surface area contributed by atoms with Crippen LogP contribution >= 0.6 is 0 Å². The zero-order chi connectivity index (χ0) is 20.3. The molecule has 5 rings (SSSR count). The second kappa shape index (κ2) is 6.45. The highest BCUT2D eigenvalue weighted by atomic mass is 16.3. The number of rotatable bonds is 2. The molecule has 0 saturated carbocycles. The van der Waals surface area contributed by atoms with Crippen molar-refractivity contribution in [3.63, 3.8) is 0 Å². The van der Waals surface area contributed by atoms with Crippen molar-refractivity contribution in [3.8, 4) is 11.3 Å². The minimum absolute atomic E-state index is 0.526. The summed E-state index contributed by atoms with van der Waals surface area (Å²) in [6.45, 7) is 8.87. The molecule has 0 saturated heterocycles. The summed E-state index contributed by atoms with van der Waals surface area (Å²) in [5.74, 6) is 0.526. The summed E-state index contributed by atoms with van der Waals surface area (Å²) in [6, 6.07) is 21.9. The third kappa shape index (κ3) is 2.66. The molecular formula is C27H26NO+. The lowest BCUT2D eigenvalue weighted by Crippen LogP contribution is -2.32. The maximum atomic E-state index is 6.38. The van der Waals surface area contributed by atoms with Crippen LogP contribution in [0.15, 0.2) is 65.1 Å². The molecule has 2 nitrogen and oxygen atoms in total. The number of benzene rings is 3. The molecule has 2 aromatic heterocycles. The highest BCUT2D eigenvalue weighted by molar-refractivity contribution is 6.10. The van der Waals surface area contributed by atoms with E-state index in [-0.39, 0.29) is 0 Å². The normalized spacial score (nSPS) is 11.9. The van der Waals surface area contributed by atoms with Crippen molar-refractivity contribution < 1.29 is 8.98 Å². The van der Waals surface area contributed by atoms with Gasteiger partial charge in [0, 0.05) is 28.3 Å². The molecule has 0 aliphatic heterocycles. The third-order valence-corrected chi connectivity index (χ3v) is 6.31. The van der Waals surface area contributed by atoms with Crippen LogP contribution < -0.4 is 4.57 Å². The molecule has 0 atom stereocenters. The molecule has 2 heteroatoms. The van der Waals surface area contributed by atoms with Crippen LogP contribution in [0.5, 0.6) is 0 Å². The Bertz CT molecular complexity index is 1410. The molecule has 0 N–H and O–H groups in total. The van der Waals surface area contributed by atoms with Crippen molar-refractivity contribution >= 4 is 32.8 Å². The average Bonchev–Trinajstić information content (AvgIpc) is 3.07. The molecule has 0 spiro atoms. The summed E-state index contributed by atoms with van der Waals surface area (Å²) < 4.78 is 8.68. The predicted octanol–water partition coefficient (Wildman–Crippen LogP) is 6.97. The molecule has 29 heavy (non-hydrogen) atoms. The van der Waals surface area contributed by atoms with Gasteiger partial charge in [0.1, 0.15) is 18.2 Å². The minimum Gasteiger partial charge on any atom is -0.455 e. The smallest absolute Gasteiger partial charge is 0.216 e.